The van der Waals surface area contributed by atoms with E-state index in [1.807, 2.05) is 23.1 Å². The van der Waals surface area contributed by atoms with Gasteiger partial charge in [0.05, 0.1) is 14.2 Å². The Morgan fingerprint density at radius 3 is 2.57 bits per heavy atom. The van der Waals surface area contributed by atoms with Crippen molar-refractivity contribution in [2.45, 2.75) is 32.1 Å². The number of nitrogens with two attached hydrogens (primary N) is 1. The Labute approximate surface area is 138 Å². The average molecular weight is 320 g/mol. The number of ether oxygens (including phenoxy) is 2. The first kappa shape index (κ1) is 17.6. The molecule has 1 aromatic carbocycles. The van der Waals surface area contributed by atoms with Crippen molar-refractivity contribution in [1.82, 2.24) is 4.90 Å². The van der Waals surface area contributed by atoms with Crippen molar-refractivity contribution in [3.05, 3.63) is 23.8 Å². The van der Waals surface area contributed by atoms with E-state index in [1.54, 1.807) is 14.2 Å². The molecule has 128 valence electrons. The zero-order valence-corrected chi connectivity index (χ0v) is 14.4. The van der Waals surface area contributed by atoms with Crippen LogP contribution in [0.5, 0.6) is 11.5 Å². The van der Waals surface area contributed by atoms with Gasteiger partial charge in [-0.15, -0.1) is 0 Å². The summed E-state index contributed by atoms with van der Waals surface area (Å²) in [5.74, 6) is 2.33. The van der Waals surface area contributed by atoms with Gasteiger partial charge in [0.25, 0.3) is 0 Å². The molecule has 1 heterocycles. The Bertz CT molecular complexity index is 525. The summed E-state index contributed by atoms with van der Waals surface area (Å²) in [6.45, 7) is 4.35. The van der Waals surface area contributed by atoms with Crippen molar-refractivity contribution < 1.29 is 14.3 Å². The number of carbonyl (C=O) groups excluding carboxylic acids is 1. The molecule has 1 saturated heterocycles. The summed E-state index contributed by atoms with van der Waals surface area (Å²) in [5, 5.41) is 0. The molecule has 2 N–H and O–H groups in total. The number of amides is 1. The van der Waals surface area contributed by atoms with E-state index < -0.39 is 0 Å². The van der Waals surface area contributed by atoms with Crippen LogP contribution in [0.2, 0.25) is 0 Å². The van der Waals surface area contributed by atoms with Crippen LogP contribution in [0, 0.1) is 5.92 Å². The van der Waals surface area contributed by atoms with Gasteiger partial charge in [-0.2, -0.15) is 0 Å². The highest BCUT2D eigenvalue weighted by Gasteiger charge is 2.25. The lowest BCUT2D eigenvalue weighted by Gasteiger charge is -2.31. The Balaban J connectivity index is 2.11. The van der Waals surface area contributed by atoms with Crippen LogP contribution in [0.25, 0.3) is 0 Å². The maximum absolute atomic E-state index is 12.6. The fourth-order valence-electron chi connectivity index (χ4n) is 3.08. The molecule has 1 atom stereocenters. The lowest BCUT2D eigenvalue weighted by Crippen LogP contribution is -2.39. The minimum Gasteiger partial charge on any atom is -0.497 e. The summed E-state index contributed by atoms with van der Waals surface area (Å²) in [6, 6.07) is 5.63. The molecule has 0 radical (unpaired) electrons. The Hall–Kier alpha value is -1.75. The first-order chi connectivity index (χ1) is 11.1. The van der Waals surface area contributed by atoms with Crippen molar-refractivity contribution in [3.8, 4) is 11.5 Å². The van der Waals surface area contributed by atoms with Gasteiger partial charge >= 0.3 is 0 Å². The molecule has 1 aromatic rings. The summed E-state index contributed by atoms with van der Waals surface area (Å²) >= 11 is 0. The van der Waals surface area contributed by atoms with Crippen LogP contribution in [-0.4, -0.2) is 44.7 Å². The molecule has 0 aliphatic carbocycles. The number of likely N-dealkylation sites (tertiary alicyclic amines) is 1. The fourth-order valence-corrected chi connectivity index (χ4v) is 3.08. The molecule has 1 fully saturated rings. The first-order valence-corrected chi connectivity index (χ1v) is 8.28. The second-order valence-electron chi connectivity index (χ2n) is 6.31. The van der Waals surface area contributed by atoms with Gasteiger partial charge in [-0.3, -0.25) is 4.79 Å². The second kappa shape index (κ2) is 8.20. The second-order valence-corrected chi connectivity index (χ2v) is 6.31. The molecular formula is C18H28N2O3. The van der Waals surface area contributed by atoms with Crippen LogP contribution in [0.4, 0.5) is 0 Å². The number of hydrogen-bond donors (Lipinski definition) is 1. The van der Waals surface area contributed by atoms with Gasteiger partial charge in [-0.25, -0.2) is 0 Å². The Morgan fingerprint density at radius 2 is 2.00 bits per heavy atom. The van der Waals surface area contributed by atoms with Gasteiger partial charge in [-0.05, 0) is 43.5 Å². The first-order valence-electron chi connectivity index (χ1n) is 8.28. The molecule has 5 heteroatoms. The zero-order valence-electron chi connectivity index (χ0n) is 14.4. The van der Waals surface area contributed by atoms with Crippen LogP contribution in [0.3, 0.4) is 0 Å². The molecule has 0 spiro atoms. The molecule has 0 saturated carbocycles. The van der Waals surface area contributed by atoms with Crippen molar-refractivity contribution in [2.24, 2.45) is 11.7 Å². The average Bonchev–Trinajstić information content (AvgIpc) is 2.59. The number of nitrogens with zero attached hydrogens (tertiary/aromatic N) is 1. The molecule has 1 unspecified atom stereocenters. The number of hydrogen-bond acceptors (Lipinski definition) is 4. The minimum atomic E-state index is -0.0631. The molecule has 23 heavy (non-hydrogen) atoms. The Kier molecular flexibility index (Phi) is 6.28. The normalized spacial score (nSPS) is 17.0. The quantitative estimate of drug-likeness (QED) is 0.874. The number of carbonyl (C=O) groups is 1. The van der Waals surface area contributed by atoms with Gasteiger partial charge in [0.2, 0.25) is 5.91 Å². The Morgan fingerprint density at radius 1 is 1.30 bits per heavy atom. The van der Waals surface area contributed by atoms with E-state index >= 15 is 0 Å². The maximum atomic E-state index is 12.6. The van der Waals surface area contributed by atoms with E-state index in [-0.39, 0.29) is 11.8 Å². The molecular weight excluding hydrogens is 292 g/mol. The summed E-state index contributed by atoms with van der Waals surface area (Å²) in [6.07, 6.45) is 2.58. The van der Waals surface area contributed by atoms with Crippen LogP contribution >= 0.6 is 0 Å². The third-order valence-corrected chi connectivity index (χ3v) is 4.72. The van der Waals surface area contributed by atoms with Gasteiger partial charge < -0.3 is 20.1 Å². The predicted octanol–water partition coefficient (Wildman–Crippen LogP) is 2.39. The summed E-state index contributed by atoms with van der Waals surface area (Å²) < 4.78 is 10.7. The van der Waals surface area contributed by atoms with E-state index in [4.69, 9.17) is 15.2 Å². The van der Waals surface area contributed by atoms with Crippen LogP contribution in [0.1, 0.15) is 37.7 Å². The molecule has 5 nitrogen and oxygen atoms in total. The lowest BCUT2D eigenvalue weighted by molar-refractivity contribution is -0.132. The van der Waals surface area contributed by atoms with Crippen LogP contribution < -0.4 is 15.2 Å². The number of benzene rings is 1. The maximum Gasteiger partial charge on any atom is 0.223 e. The largest absolute Gasteiger partial charge is 0.497 e. The monoisotopic (exact) mass is 320 g/mol. The van der Waals surface area contributed by atoms with E-state index in [1.165, 1.54) is 0 Å². The highest BCUT2D eigenvalue weighted by Crippen LogP contribution is 2.32. The van der Waals surface area contributed by atoms with Crippen LogP contribution in [-0.2, 0) is 4.79 Å². The fraction of sp³-hybridized carbons (Fsp3) is 0.611. The van der Waals surface area contributed by atoms with Gasteiger partial charge in [0, 0.05) is 31.0 Å². The topological polar surface area (TPSA) is 64.8 Å². The summed E-state index contributed by atoms with van der Waals surface area (Å²) in [5.41, 5.74) is 6.89. The van der Waals surface area contributed by atoms with Crippen molar-refractivity contribution in [3.63, 3.8) is 0 Å². The van der Waals surface area contributed by atoms with Crippen LogP contribution in [0.15, 0.2) is 18.2 Å². The van der Waals surface area contributed by atoms with Crippen molar-refractivity contribution >= 4 is 5.91 Å². The third kappa shape index (κ3) is 4.38. The SMILES string of the molecule is COc1ccc(OC)c(C(CN)CC(=O)N2CCC(C)CC2)c1. The highest BCUT2D eigenvalue weighted by molar-refractivity contribution is 5.77. The molecule has 1 amide bonds. The standard InChI is InChI=1S/C18H28N2O3/c1-13-6-8-20(9-7-13)18(21)10-14(12-19)16-11-15(22-2)4-5-17(16)23-3/h4-5,11,13-14H,6-10,12,19H2,1-3H3. The van der Waals surface area contributed by atoms with Gasteiger partial charge in [0.15, 0.2) is 0 Å². The van der Waals surface area contributed by atoms with E-state index in [9.17, 15) is 4.79 Å². The molecule has 1 aliphatic rings. The molecule has 2 rings (SSSR count). The van der Waals surface area contributed by atoms with Gasteiger partial charge in [0.1, 0.15) is 11.5 Å². The number of rotatable bonds is 6. The van der Waals surface area contributed by atoms with E-state index in [0.717, 1.165) is 43.0 Å². The third-order valence-electron chi connectivity index (χ3n) is 4.72. The molecule has 0 bridgehead atoms. The highest BCUT2D eigenvalue weighted by atomic mass is 16.5. The van der Waals surface area contributed by atoms with Gasteiger partial charge in [-0.1, -0.05) is 6.92 Å². The van der Waals surface area contributed by atoms with Crippen molar-refractivity contribution in [1.29, 1.82) is 0 Å². The zero-order chi connectivity index (χ0) is 16.8. The van der Waals surface area contributed by atoms with E-state index in [0.29, 0.717) is 18.9 Å². The molecule has 0 aromatic heterocycles. The smallest absolute Gasteiger partial charge is 0.223 e. The number of methoxy groups -OCH3 is 2. The molecule has 1 aliphatic heterocycles. The predicted molar refractivity (Wildman–Crippen MR) is 90.9 cm³/mol. The summed E-state index contributed by atoms with van der Waals surface area (Å²) in [7, 11) is 3.26. The minimum absolute atomic E-state index is 0.0631. The number of piperidine rings is 1. The van der Waals surface area contributed by atoms with E-state index in [2.05, 4.69) is 6.92 Å². The summed E-state index contributed by atoms with van der Waals surface area (Å²) in [4.78, 5) is 14.6. The lowest BCUT2D eigenvalue weighted by atomic mass is 9.93. The van der Waals surface area contributed by atoms with Crippen molar-refractivity contribution in [2.75, 3.05) is 33.9 Å².